The third-order valence-electron chi connectivity index (χ3n) is 3.34. The zero-order valence-corrected chi connectivity index (χ0v) is 14.1. The molecule has 0 atom stereocenters. The smallest absolute Gasteiger partial charge is 0.278 e. The molecule has 0 heterocycles. The molecule has 22 heavy (non-hydrogen) atoms. The molecule has 0 fully saturated rings. The molecule has 0 bridgehead atoms. The lowest BCUT2D eigenvalue weighted by atomic mass is 10.3. The van der Waals surface area contributed by atoms with Crippen molar-refractivity contribution in [3.05, 3.63) is 48.5 Å². The van der Waals surface area contributed by atoms with Gasteiger partial charge in [-0.25, -0.2) is 0 Å². The lowest BCUT2D eigenvalue weighted by Crippen LogP contribution is -2.51. The van der Waals surface area contributed by atoms with Crippen LogP contribution in [0.2, 0.25) is 13.1 Å². The van der Waals surface area contributed by atoms with Crippen LogP contribution in [0.15, 0.2) is 48.5 Å². The van der Waals surface area contributed by atoms with E-state index in [9.17, 15) is 0 Å². The molecule has 0 spiro atoms. The Balaban J connectivity index is 2.19. The van der Waals surface area contributed by atoms with Crippen LogP contribution in [0.1, 0.15) is 0 Å². The van der Waals surface area contributed by atoms with Crippen molar-refractivity contribution in [3.8, 4) is 11.5 Å². The molecular weight excluding hydrogens is 296 g/mol. The molecule has 0 aliphatic carbocycles. The number of nitrogen functional groups attached to an aromatic ring is 2. The van der Waals surface area contributed by atoms with E-state index in [1.54, 1.807) is 31.4 Å². The van der Waals surface area contributed by atoms with Gasteiger partial charge in [-0.1, -0.05) is 0 Å². The largest absolute Gasteiger partial charge is 0.456 e. The normalized spacial score (nSPS) is 11.5. The molecule has 0 aromatic heterocycles. The number of benzene rings is 2. The molecule has 4 N–H and O–H groups in total. The highest BCUT2D eigenvalue weighted by molar-refractivity contribution is 6.72. The molecule has 118 valence electrons. The molecule has 2 rings (SSSR count). The average molecular weight is 318 g/mol. The van der Waals surface area contributed by atoms with Crippen molar-refractivity contribution in [3.63, 3.8) is 0 Å². The highest BCUT2D eigenvalue weighted by Crippen LogP contribution is 2.23. The maximum Gasteiger partial charge on any atom is 0.278 e. The van der Waals surface area contributed by atoms with Crippen molar-refractivity contribution in [2.45, 2.75) is 19.0 Å². The van der Waals surface area contributed by atoms with Crippen molar-refractivity contribution in [1.29, 1.82) is 0 Å². The van der Waals surface area contributed by atoms with Gasteiger partial charge >= 0.3 is 0 Å². The topological polar surface area (TPSA) is 79.7 Å². The molecule has 0 radical (unpaired) electrons. The minimum Gasteiger partial charge on any atom is -0.456 e. The first-order chi connectivity index (χ1) is 10.4. The van der Waals surface area contributed by atoms with Crippen LogP contribution < -0.4 is 20.9 Å². The molecule has 0 aliphatic rings. The molecule has 5 nitrogen and oxygen atoms in total. The van der Waals surface area contributed by atoms with E-state index in [2.05, 4.69) is 0 Å². The van der Waals surface area contributed by atoms with Crippen LogP contribution in [0.3, 0.4) is 0 Å². The van der Waals surface area contributed by atoms with Crippen LogP contribution in [-0.2, 0) is 4.43 Å². The lowest BCUT2D eigenvalue weighted by Gasteiger charge is -2.31. The van der Waals surface area contributed by atoms with E-state index in [0.717, 1.165) is 0 Å². The van der Waals surface area contributed by atoms with Gasteiger partial charge in [-0.2, -0.15) is 0 Å². The van der Waals surface area contributed by atoms with Crippen LogP contribution in [-0.4, -0.2) is 21.3 Å². The Morgan fingerprint density at radius 3 is 1.45 bits per heavy atom. The Morgan fingerprint density at radius 2 is 1.14 bits per heavy atom. The molecule has 0 amide bonds. The van der Waals surface area contributed by atoms with Gasteiger partial charge in [0.15, 0.2) is 0 Å². The summed E-state index contributed by atoms with van der Waals surface area (Å²) in [5.41, 5.74) is 12.8. The lowest BCUT2D eigenvalue weighted by molar-refractivity contribution is 0.0500. The minimum absolute atomic E-state index is 0.496. The number of ether oxygens (including phenoxy) is 2. The zero-order valence-electron chi connectivity index (χ0n) is 13.1. The van der Waals surface area contributed by atoms with Gasteiger partial charge in [-0.3, -0.25) is 0 Å². The molecule has 0 unspecified atom stereocenters. The van der Waals surface area contributed by atoms with E-state index < -0.39 is 14.2 Å². The summed E-state index contributed by atoms with van der Waals surface area (Å²) < 4.78 is 17.6. The van der Waals surface area contributed by atoms with Gasteiger partial charge in [0.05, 0.1) is 0 Å². The molecule has 0 saturated carbocycles. The molecule has 0 saturated heterocycles. The van der Waals surface area contributed by atoms with E-state index in [4.69, 9.17) is 25.4 Å². The van der Waals surface area contributed by atoms with Crippen LogP contribution in [0, 0.1) is 0 Å². The predicted molar refractivity (Wildman–Crippen MR) is 91.2 cm³/mol. The highest BCUT2D eigenvalue weighted by Gasteiger charge is 2.37. The summed E-state index contributed by atoms with van der Waals surface area (Å²) in [6.45, 7) is 4.07. The van der Waals surface area contributed by atoms with Gasteiger partial charge < -0.3 is 25.4 Å². The van der Waals surface area contributed by atoms with Crippen LogP contribution in [0.5, 0.6) is 11.5 Å². The summed E-state index contributed by atoms with van der Waals surface area (Å²) in [6, 6.07) is 14.4. The second-order valence-corrected chi connectivity index (χ2v) is 9.60. The SMILES string of the molecule is CO[Si](C)(C)C(Oc1ccc(N)cc1)Oc1ccc(N)cc1. The van der Waals surface area contributed by atoms with E-state index in [1.165, 1.54) is 0 Å². The third-order valence-corrected chi connectivity index (χ3v) is 5.76. The Kier molecular flexibility index (Phi) is 4.94. The Bertz CT molecular complexity index is 552. The standard InChI is InChI=1S/C16H22N2O3Si/c1-19-22(2,3)16(20-14-8-4-12(17)5-9-14)21-15-10-6-13(18)7-11-15/h4-11,16H,17-18H2,1-3H3. The van der Waals surface area contributed by atoms with Crippen molar-refractivity contribution in [2.24, 2.45) is 0 Å². The summed E-state index contributed by atoms with van der Waals surface area (Å²) in [6.07, 6.45) is 0. The van der Waals surface area contributed by atoms with E-state index in [-0.39, 0.29) is 0 Å². The maximum absolute atomic E-state index is 5.99. The van der Waals surface area contributed by atoms with Crippen LogP contribution >= 0.6 is 0 Å². The minimum atomic E-state index is -2.21. The fourth-order valence-electron chi connectivity index (χ4n) is 1.74. The fraction of sp³-hybridized carbons (Fsp3) is 0.250. The van der Waals surface area contributed by atoms with Crippen LogP contribution in [0.25, 0.3) is 0 Å². The fourth-order valence-corrected chi connectivity index (χ4v) is 2.78. The number of hydrogen-bond donors (Lipinski definition) is 2. The molecule has 2 aromatic carbocycles. The van der Waals surface area contributed by atoms with Gasteiger partial charge in [0, 0.05) is 18.5 Å². The predicted octanol–water partition coefficient (Wildman–Crippen LogP) is 3.03. The van der Waals surface area contributed by atoms with Crippen molar-refractivity contribution < 1.29 is 13.9 Å². The average Bonchev–Trinajstić information content (AvgIpc) is 2.51. The van der Waals surface area contributed by atoms with Gasteiger partial charge in [0.25, 0.3) is 8.32 Å². The number of rotatable bonds is 6. The van der Waals surface area contributed by atoms with Crippen LogP contribution in [0.4, 0.5) is 11.4 Å². The first kappa shape index (κ1) is 16.2. The first-order valence-corrected chi connectivity index (χ1v) is 9.99. The number of hydrogen-bond acceptors (Lipinski definition) is 5. The Labute approximate surface area is 131 Å². The first-order valence-electron chi connectivity index (χ1n) is 7.00. The molecule has 0 aliphatic heterocycles. The second-order valence-electron chi connectivity index (χ2n) is 5.51. The van der Waals surface area contributed by atoms with Gasteiger partial charge in [-0.05, 0) is 61.6 Å². The summed E-state index contributed by atoms with van der Waals surface area (Å²) >= 11 is 0. The molecular formula is C16H22N2O3Si. The second kappa shape index (κ2) is 6.72. The monoisotopic (exact) mass is 318 g/mol. The van der Waals surface area contributed by atoms with E-state index >= 15 is 0 Å². The highest BCUT2D eigenvalue weighted by atomic mass is 28.4. The van der Waals surface area contributed by atoms with Gasteiger partial charge in [0.1, 0.15) is 11.5 Å². The Hall–Kier alpha value is -2.18. The summed E-state index contributed by atoms with van der Waals surface area (Å²) in [5, 5.41) is 0. The molecule has 6 heteroatoms. The van der Waals surface area contributed by atoms with Crippen molar-refractivity contribution >= 4 is 19.7 Å². The van der Waals surface area contributed by atoms with E-state index in [0.29, 0.717) is 22.9 Å². The van der Waals surface area contributed by atoms with Crippen molar-refractivity contribution in [1.82, 2.24) is 0 Å². The third kappa shape index (κ3) is 4.16. The molecule has 2 aromatic rings. The van der Waals surface area contributed by atoms with Crippen molar-refractivity contribution in [2.75, 3.05) is 18.6 Å². The summed E-state index contributed by atoms with van der Waals surface area (Å²) in [7, 11) is -0.528. The Morgan fingerprint density at radius 1 is 0.773 bits per heavy atom. The van der Waals surface area contributed by atoms with Gasteiger partial charge in [-0.15, -0.1) is 0 Å². The summed E-state index contributed by atoms with van der Waals surface area (Å²) in [4.78, 5) is 0. The quantitative estimate of drug-likeness (QED) is 0.486. The maximum atomic E-state index is 5.99. The number of nitrogens with two attached hydrogens (primary N) is 2. The summed E-state index contributed by atoms with van der Waals surface area (Å²) in [5.74, 6) is 0.879. The number of anilines is 2. The van der Waals surface area contributed by atoms with Gasteiger partial charge in [0.2, 0.25) is 5.91 Å². The zero-order chi connectivity index (χ0) is 16.2. The van der Waals surface area contributed by atoms with E-state index in [1.807, 2.05) is 37.4 Å².